The van der Waals surface area contributed by atoms with Crippen LogP contribution in [0.5, 0.6) is 5.75 Å². The summed E-state index contributed by atoms with van der Waals surface area (Å²) >= 11 is 0. The molecule has 1 aromatic rings. The van der Waals surface area contributed by atoms with Gasteiger partial charge in [0.05, 0.1) is 0 Å². The number of carboxylic acids is 1. The van der Waals surface area contributed by atoms with Crippen molar-refractivity contribution in [1.29, 1.82) is 0 Å². The van der Waals surface area contributed by atoms with Crippen LogP contribution in [0.25, 0.3) is 0 Å². The Hall–Kier alpha value is -1.84. The Bertz CT molecular complexity index is 408. The molecule has 0 amide bonds. The molecule has 0 bridgehead atoms. The molecule has 1 aliphatic rings. The zero-order valence-electron chi connectivity index (χ0n) is 8.05. The minimum atomic E-state index is -0.872. The standard InChI is InChI=1S/C11H11NO3/c13-8-3-1-7(2-4-8)9-5-6-10(12-9)11(14)15/h1-4,10,13H,5-6H2,(H,14,15). The molecule has 0 saturated heterocycles. The van der Waals surface area contributed by atoms with E-state index in [1.807, 2.05) is 0 Å². The third-order valence-electron chi connectivity index (χ3n) is 2.45. The van der Waals surface area contributed by atoms with Gasteiger partial charge in [0, 0.05) is 5.71 Å². The summed E-state index contributed by atoms with van der Waals surface area (Å²) in [5.74, 6) is -0.670. The van der Waals surface area contributed by atoms with Crippen molar-refractivity contribution in [2.24, 2.45) is 4.99 Å². The lowest BCUT2D eigenvalue weighted by Gasteiger charge is -1.99. The third-order valence-corrected chi connectivity index (χ3v) is 2.45. The average Bonchev–Trinajstić information content (AvgIpc) is 2.68. The van der Waals surface area contributed by atoms with E-state index in [0.717, 1.165) is 11.3 Å². The molecule has 1 atom stereocenters. The normalized spacial score (nSPS) is 20.0. The maximum atomic E-state index is 10.7. The van der Waals surface area contributed by atoms with Gasteiger partial charge in [-0.2, -0.15) is 0 Å². The molecule has 4 nitrogen and oxygen atoms in total. The third kappa shape index (κ3) is 1.98. The molecule has 15 heavy (non-hydrogen) atoms. The SMILES string of the molecule is O=C(O)C1CCC(c2ccc(O)cc2)=N1. The fourth-order valence-electron chi connectivity index (χ4n) is 1.64. The van der Waals surface area contributed by atoms with Crippen LogP contribution in [0, 0.1) is 0 Å². The first-order valence-electron chi connectivity index (χ1n) is 4.75. The molecule has 4 heteroatoms. The minimum absolute atomic E-state index is 0.201. The summed E-state index contributed by atoms with van der Waals surface area (Å²) in [6.45, 7) is 0. The molecule has 0 fully saturated rings. The molecule has 0 saturated carbocycles. The van der Waals surface area contributed by atoms with E-state index < -0.39 is 12.0 Å². The van der Waals surface area contributed by atoms with Crippen LogP contribution in [0.1, 0.15) is 18.4 Å². The Morgan fingerprint density at radius 2 is 2.00 bits per heavy atom. The number of hydrogen-bond acceptors (Lipinski definition) is 3. The lowest BCUT2D eigenvalue weighted by atomic mass is 10.1. The van der Waals surface area contributed by atoms with Crippen LogP contribution >= 0.6 is 0 Å². The van der Waals surface area contributed by atoms with Crippen LogP contribution in [0.2, 0.25) is 0 Å². The fourth-order valence-corrected chi connectivity index (χ4v) is 1.64. The van der Waals surface area contributed by atoms with Crippen molar-refractivity contribution in [2.75, 3.05) is 0 Å². The summed E-state index contributed by atoms with van der Waals surface area (Å²) in [6.07, 6.45) is 1.24. The van der Waals surface area contributed by atoms with E-state index in [4.69, 9.17) is 10.2 Å². The summed E-state index contributed by atoms with van der Waals surface area (Å²) in [5.41, 5.74) is 1.69. The molecule has 0 aliphatic carbocycles. The molecule has 2 N–H and O–H groups in total. The van der Waals surface area contributed by atoms with E-state index in [1.165, 1.54) is 0 Å². The average molecular weight is 205 g/mol. The lowest BCUT2D eigenvalue weighted by Crippen LogP contribution is -2.13. The Kier molecular flexibility index (Phi) is 2.41. The number of nitrogens with zero attached hydrogens (tertiary/aromatic N) is 1. The Labute approximate surface area is 86.9 Å². The van der Waals surface area contributed by atoms with Crippen molar-refractivity contribution < 1.29 is 15.0 Å². The van der Waals surface area contributed by atoms with Gasteiger partial charge in [-0.25, -0.2) is 4.79 Å². The summed E-state index contributed by atoms with van der Waals surface area (Å²) < 4.78 is 0. The molecule has 1 aliphatic heterocycles. The van der Waals surface area contributed by atoms with Crippen LogP contribution in [0.4, 0.5) is 0 Å². The number of aliphatic imine (C=N–C) groups is 1. The maximum absolute atomic E-state index is 10.7. The predicted octanol–water partition coefficient (Wildman–Crippen LogP) is 1.43. The second-order valence-corrected chi connectivity index (χ2v) is 3.52. The number of phenolic OH excluding ortho intramolecular Hbond substituents is 1. The number of aromatic hydroxyl groups is 1. The van der Waals surface area contributed by atoms with Gasteiger partial charge in [0.25, 0.3) is 0 Å². The van der Waals surface area contributed by atoms with E-state index in [0.29, 0.717) is 12.8 Å². The zero-order chi connectivity index (χ0) is 10.8. The molecule has 2 rings (SSSR count). The first kappa shape index (κ1) is 9.71. The van der Waals surface area contributed by atoms with Crippen molar-refractivity contribution in [3.8, 4) is 5.75 Å². The molecule has 0 spiro atoms. The summed E-state index contributed by atoms with van der Waals surface area (Å²) in [7, 11) is 0. The first-order valence-corrected chi connectivity index (χ1v) is 4.75. The van der Waals surface area contributed by atoms with Gasteiger partial charge < -0.3 is 10.2 Å². The van der Waals surface area contributed by atoms with Gasteiger partial charge in [-0.05, 0) is 42.7 Å². The Morgan fingerprint density at radius 1 is 1.33 bits per heavy atom. The number of aliphatic carboxylic acids is 1. The first-order chi connectivity index (χ1) is 7.16. The Balaban J connectivity index is 2.22. The predicted molar refractivity (Wildman–Crippen MR) is 55.3 cm³/mol. The minimum Gasteiger partial charge on any atom is -0.508 e. The van der Waals surface area contributed by atoms with Crippen molar-refractivity contribution in [1.82, 2.24) is 0 Å². The van der Waals surface area contributed by atoms with Gasteiger partial charge in [-0.15, -0.1) is 0 Å². The molecule has 1 unspecified atom stereocenters. The van der Waals surface area contributed by atoms with E-state index in [1.54, 1.807) is 24.3 Å². The highest BCUT2D eigenvalue weighted by Crippen LogP contribution is 2.20. The second-order valence-electron chi connectivity index (χ2n) is 3.52. The van der Waals surface area contributed by atoms with Crippen molar-refractivity contribution in [2.45, 2.75) is 18.9 Å². The number of carbonyl (C=O) groups is 1. The van der Waals surface area contributed by atoms with Gasteiger partial charge >= 0.3 is 5.97 Å². The van der Waals surface area contributed by atoms with Crippen LogP contribution in [0.15, 0.2) is 29.3 Å². The number of hydrogen-bond donors (Lipinski definition) is 2. The summed E-state index contributed by atoms with van der Waals surface area (Å²) in [4.78, 5) is 14.8. The van der Waals surface area contributed by atoms with E-state index in [2.05, 4.69) is 4.99 Å². The molecule has 1 heterocycles. The summed E-state index contributed by atoms with van der Waals surface area (Å²) in [6, 6.07) is 6.04. The van der Waals surface area contributed by atoms with Gasteiger partial charge in [0.1, 0.15) is 11.8 Å². The highest BCUT2D eigenvalue weighted by molar-refractivity contribution is 6.03. The quantitative estimate of drug-likeness (QED) is 0.767. The zero-order valence-corrected chi connectivity index (χ0v) is 8.05. The van der Waals surface area contributed by atoms with Crippen LogP contribution in [-0.2, 0) is 4.79 Å². The monoisotopic (exact) mass is 205 g/mol. The van der Waals surface area contributed by atoms with Gasteiger partial charge in [0.15, 0.2) is 0 Å². The van der Waals surface area contributed by atoms with E-state index in [9.17, 15) is 4.79 Å². The van der Waals surface area contributed by atoms with Crippen molar-refractivity contribution in [3.05, 3.63) is 29.8 Å². The topological polar surface area (TPSA) is 69.9 Å². The van der Waals surface area contributed by atoms with Crippen molar-refractivity contribution >= 4 is 11.7 Å². The van der Waals surface area contributed by atoms with Gasteiger partial charge in [0.2, 0.25) is 0 Å². The number of phenols is 1. The molecule has 78 valence electrons. The number of rotatable bonds is 2. The highest BCUT2D eigenvalue weighted by Gasteiger charge is 2.23. The van der Waals surface area contributed by atoms with Crippen LogP contribution in [0.3, 0.4) is 0 Å². The van der Waals surface area contributed by atoms with Crippen LogP contribution in [-0.4, -0.2) is 27.9 Å². The smallest absolute Gasteiger partial charge is 0.328 e. The van der Waals surface area contributed by atoms with E-state index in [-0.39, 0.29) is 5.75 Å². The molecular weight excluding hydrogens is 194 g/mol. The molecule has 1 aromatic carbocycles. The van der Waals surface area contributed by atoms with Crippen molar-refractivity contribution in [3.63, 3.8) is 0 Å². The van der Waals surface area contributed by atoms with Crippen LogP contribution < -0.4 is 0 Å². The maximum Gasteiger partial charge on any atom is 0.328 e. The Morgan fingerprint density at radius 3 is 2.53 bits per heavy atom. The summed E-state index contributed by atoms with van der Waals surface area (Å²) in [5, 5.41) is 17.9. The van der Waals surface area contributed by atoms with Gasteiger partial charge in [-0.3, -0.25) is 4.99 Å². The molecule has 0 radical (unpaired) electrons. The lowest BCUT2D eigenvalue weighted by molar-refractivity contribution is -0.138. The number of carboxylic acid groups (broad SMARTS) is 1. The highest BCUT2D eigenvalue weighted by atomic mass is 16.4. The molecular formula is C11H11NO3. The fraction of sp³-hybridized carbons (Fsp3) is 0.273. The largest absolute Gasteiger partial charge is 0.508 e. The molecule has 0 aromatic heterocycles. The second kappa shape index (κ2) is 3.73. The number of benzene rings is 1. The van der Waals surface area contributed by atoms with E-state index >= 15 is 0 Å². The van der Waals surface area contributed by atoms with Gasteiger partial charge in [-0.1, -0.05) is 0 Å².